The zero-order valence-corrected chi connectivity index (χ0v) is 15.9. The van der Waals surface area contributed by atoms with Crippen LogP contribution < -0.4 is 10.2 Å². The summed E-state index contributed by atoms with van der Waals surface area (Å²) in [5.74, 6) is -4.70. The van der Waals surface area contributed by atoms with Crippen LogP contribution >= 0.6 is 0 Å². The van der Waals surface area contributed by atoms with Gasteiger partial charge in [-0.1, -0.05) is 27.7 Å². The molecule has 0 aromatic carbocycles. The third-order valence-electron chi connectivity index (χ3n) is 3.16. The molecule has 0 fully saturated rings. The maximum Gasteiger partial charge on any atom is 4.00 e. The summed E-state index contributed by atoms with van der Waals surface area (Å²) < 4.78 is 0. The molecular formula is C16H26O6Ti+2. The van der Waals surface area contributed by atoms with Crippen molar-refractivity contribution in [1.82, 2.24) is 0 Å². The van der Waals surface area contributed by atoms with Gasteiger partial charge in [-0.15, -0.1) is 0 Å². The number of aliphatic carboxylic acids is 2. The van der Waals surface area contributed by atoms with E-state index >= 15 is 0 Å². The number of carbonyl (C=O) groups is 4. The Morgan fingerprint density at radius 3 is 1.09 bits per heavy atom. The van der Waals surface area contributed by atoms with Crippen molar-refractivity contribution in [2.24, 2.45) is 11.8 Å². The van der Waals surface area contributed by atoms with Crippen LogP contribution in [-0.2, 0) is 40.9 Å². The Morgan fingerprint density at radius 1 is 0.696 bits per heavy atom. The molecule has 0 saturated heterocycles. The van der Waals surface area contributed by atoms with E-state index < -0.39 is 23.8 Å². The number of ketones is 2. The van der Waals surface area contributed by atoms with E-state index in [1.54, 1.807) is 13.8 Å². The zero-order valence-electron chi connectivity index (χ0n) is 14.3. The van der Waals surface area contributed by atoms with E-state index in [9.17, 15) is 29.4 Å². The van der Waals surface area contributed by atoms with E-state index in [1.165, 1.54) is 0 Å². The van der Waals surface area contributed by atoms with Gasteiger partial charge in [0, 0.05) is 12.8 Å². The largest absolute Gasteiger partial charge is 4.00 e. The molecule has 0 heterocycles. The normalized spacial score (nSPS) is 12.0. The molecule has 0 aromatic heterocycles. The van der Waals surface area contributed by atoms with E-state index in [0.29, 0.717) is 38.5 Å². The standard InChI is InChI=1S/2C8H14O3.Ti/c2*1-3-5-7(9)6(4-2)8(10)11;/h2*6H,3-5H2,1-2H3,(H,10,11);/q;;+4/p-2. The van der Waals surface area contributed by atoms with Crippen LogP contribution in [0.25, 0.3) is 0 Å². The van der Waals surface area contributed by atoms with Crippen molar-refractivity contribution >= 4 is 23.5 Å². The van der Waals surface area contributed by atoms with Gasteiger partial charge >= 0.3 is 21.7 Å². The van der Waals surface area contributed by atoms with E-state index in [4.69, 9.17) is 0 Å². The van der Waals surface area contributed by atoms with Crippen LogP contribution in [0.2, 0.25) is 0 Å². The number of carboxylic acid groups (broad SMARTS) is 2. The number of carboxylic acids is 2. The zero-order chi connectivity index (χ0) is 17.7. The second-order valence-corrected chi connectivity index (χ2v) is 4.99. The molecule has 7 heteroatoms. The van der Waals surface area contributed by atoms with Crippen LogP contribution in [0.1, 0.15) is 66.2 Å². The van der Waals surface area contributed by atoms with Crippen molar-refractivity contribution in [3.8, 4) is 0 Å². The second-order valence-electron chi connectivity index (χ2n) is 4.99. The molecule has 0 aliphatic carbocycles. The van der Waals surface area contributed by atoms with Crippen LogP contribution in [0, 0.1) is 11.8 Å². The van der Waals surface area contributed by atoms with E-state index in [2.05, 4.69) is 0 Å². The van der Waals surface area contributed by atoms with Gasteiger partial charge in [0.15, 0.2) is 0 Å². The number of carbonyl (C=O) groups excluding carboxylic acids is 4. The molecule has 0 aliphatic heterocycles. The van der Waals surface area contributed by atoms with E-state index in [1.807, 2.05) is 13.8 Å². The van der Waals surface area contributed by atoms with Crippen LogP contribution in [0.15, 0.2) is 0 Å². The maximum absolute atomic E-state index is 11.0. The van der Waals surface area contributed by atoms with Gasteiger partial charge in [-0.3, -0.25) is 9.59 Å². The van der Waals surface area contributed by atoms with Gasteiger partial charge in [-0.25, -0.2) is 0 Å². The Morgan fingerprint density at radius 2 is 0.957 bits per heavy atom. The van der Waals surface area contributed by atoms with Gasteiger partial charge < -0.3 is 19.8 Å². The molecule has 0 N–H and O–H groups in total. The minimum absolute atomic E-state index is 0. The molecule has 23 heavy (non-hydrogen) atoms. The predicted octanol–water partition coefficient (Wildman–Crippen LogP) is 0.261. The molecular weight excluding hydrogens is 336 g/mol. The molecule has 0 aliphatic rings. The van der Waals surface area contributed by atoms with Crippen molar-refractivity contribution in [3.05, 3.63) is 0 Å². The number of rotatable bonds is 10. The van der Waals surface area contributed by atoms with Gasteiger partial charge in [-0.05, 0) is 25.7 Å². The summed E-state index contributed by atoms with van der Waals surface area (Å²) >= 11 is 0. The van der Waals surface area contributed by atoms with Crippen molar-refractivity contribution in [1.29, 1.82) is 0 Å². The minimum Gasteiger partial charge on any atom is -0.549 e. The van der Waals surface area contributed by atoms with Gasteiger partial charge in [0.1, 0.15) is 11.6 Å². The summed E-state index contributed by atoms with van der Waals surface area (Å²) in [7, 11) is 0. The van der Waals surface area contributed by atoms with E-state index in [0.717, 1.165) is 0 Å². The molecule has 0 saturated carbocycles. The molecule has 0 amide bonds. The number of hydrogen-bond donors (Lipinski definition) is 0. The molecule has 2 unspecified atom stereocenters. The van der Waals surface area contributed by atoms with Crippen LogP contribution in [0.4, 0.5) is 0 Å². The molecule has 0 bridgehead atoms. The SMILES string of the molecule is CCCC(=O)C(CC)C(=O)[O-].CCCC(=O)C(CC)C(=O)[O-].[Ti+4]. The topological polar surface area (TPSA) is 114 Å². The quantitative estimate of drug-likeness (QED) is 0.407. The van der Waals surface area contributed by atoms with Crippen LogP contribution in [0.3, 0.4) is 0 Å². The van der Waals surface area contributed by atoms with Crippen molar-refractivity contribution in [3.63, 3.8) is 0 Å². The molecule has 0 rings (SSSR count). The first-order valence-corrected chi connectivity index (χ1v) is 7.73. The number of hydrogen-bond acceptors (Lipinski definition) is 6. The third kappa shape index (κ3) is 12.1. The monoisotopic (exact) mass is 362 g/mol. The molecule has 0 spiro atoms. The molecule has 0 aromatic rings. The van der Waals surface area contributed by atoms with Gasteiger partial charge in [-0.2, -0.15) is 0 Å². The smallest absolute Gasteiger partial charge is 0.549 e. The second kappa shape index (κ2) is 15.9. The van der Waals surface area contributed by atoms with Crippen LogP contribution in [0.5, 0.6) is 0 Å². The van der Waals surface area contributed by atoms with Crippen molar-refractivity contribution in [2.45, 2.75) is 66.2 Å². The van der Waals surface area contributed by atoms with Gasteiger partial charge in [0.25, 0.3) is 0 Å². The van der Waals surface area contributed by atoms with Crippen LogP contribution in [-0.4, -0.2) is 23.5 Å². The average Bonchev–Trinajstić information content (AvgIpc) is 2.40. The molecule has 2 atom stereocenters. The summed E-state index contributed by atoms with van der Waals surface area (Å²) in [5, 5.41) is 20.6. The first-order chi connectivity index (χ1) is 10.3. The maximum atomic E-state index is 11.0. The first kappa shape index (κ1) is 26.9. The fraction of sp³-hybridized carbons (Fsp3) is 0.750. The Kier molecular flexibility index (Phi) is 18.5. The first-order valence-electron chi connectivity index (χ1n) is 7.73. The Balaban J connectivity index is -0.000000333. The molecule has 6 nitrogen and oxygen atoms in total. The predicted molar refractivity (Wildman–Crippen MR) is 77.4 cm³/mol. The molecule has 128 valence electrons. The summed E-state index contributed by atoms with van der Waals surface area (Å²) in [4.78, 5) is 42.6. The van der Waals surface area contributed by atoms with Crippen molar-refractivity contribution in [2.75, 3.05) is 0 Å². The summed E-state index contributed by atoms with van der Waals surface area (Å²) in [6, 6.07) is 0. The summed E-state index contributed by atoms with van der Waals surface area (Å²) in [5.41, 5.74) is 0. The Bertz CT molecular complexity index is 345. The van der Waals surface area contributed by atoms with Gasteiger partial charge in [0.05, 0.1) is 23.8 Å². The van der Waals surface area contributed by atoms with E-state index in [-0.39, 0.29) is 33.3 Å². The third-order valence-corrected chi connectivity index (χ3v) is 3.16. The van der Waals surface area contributed by atoms with Crippen molar-refractivity contribution < 1.29 is 51.1 Å². The number of Topliss-reactive ketones (excluding diaryl/α,β-unsaturated/α-hetero) is 2. The minimum atomic E-state index is -1.24. The summed E-state index contributed by atoms with van der Waals surface area (Å²) in [6.45, 7) is 7.04. The fourth-order valence-corrected chi connectivity index (χ4v) is 1.89. The fourth-order valence-electron chi connectivity index (χ4n) is 1.89. The summed E-state index contributed by atoms with van der Waals surface area (Å²) in [6.07, 6.45) is 2.74. The Hall–Kier alpha value is -1.01. The van der Waals surface area contributed by atoms with Gasteiger partial charge in [0.2, 0.25) is 0 Å². The Labute approximate surface area is 152 Å². The molecule has 0 radical (unpaired) electrons. The average molecular weight is 362 g/mol.